The lowest BCUT2D eigenvalue weighted by Crippen LogP contribution is -2.31. The van der Waals surface area contributed by atoms with E-state index in [0.29, 0.717) is 13.2 Å². The maximum atomic E-state index is 12.1. The van der Waals surface area contributed by atoms with Crippen LogP contribution in [0, 0.1) is 6.92 Å². The molecule has 0 bridgehead atoms. The summed E-state index contributed by atoms with van der Waals surface area (Å²) in [5, 5.41) is 2.78. The van der Waals surface area contributed by atoms with Gasteiger partial charge in [-0.3, -0.25) is 9.59 Å². The largest absolute Gasteiger partial charge is 0.381 e. The smallest absolute Gasteiger partial charge is 0.261 e. The number of aromatic amines is 1. The lowest BCUT2D eigenvalue weighted by Gasteiger charge is -2.09. The normalized spacial score (nSPS) is 10.7. The van der Waals surface area contributed by atoms with Crippen LogP contribution in [0.1, 0.15) is 61.1 Å². The first kappa shape index (κ1) is 18.4. The molecule has 0 saturated heterocycles. The van der Waals surface area contributed by atoms with Crippen LogP contribution in [0.4, 0.5) is 0 Å². The maximum absolute atomic E-state index is 12.1. The van der Waals surface area contributed by atoms with Crippen molar-refractivity contribution in [1.29, 1.82) is 0 Å². The van der Waals surface area contributed by atoms with Gasteiger partial charge >= 0.3 is 0 Å². The van der Waals surface area contributed by atoms with Gasteiger partial charge in [0, 0.05) is 25.5 Å². The van der Waals surface area contributed by atoms with Crippen molar-refractivity contribution in [2.45, 2.75) is 52.9 Å². The second-order valence-corrected chi connectivity index (χ2v) is 5.49. The number of hydrogen-bond acceptors (Lipinski definition) is 3. The summed E-state index contributed by atoms with van der Waals surface area (Å²) in [5.41, 5.74) is 1.73. The molecule has 0 fully saturated rings. The summed E-state index contributed by atoms with van der Waals surface area (Å²) < 4.78 is 5.43. The van der Waals surface area contributed by atoms with E-state index in [1.807, 2.05) is 6.92 Å². The molecule has 0 aliphatic carbocycles. The van der Waals surface area contributed by atoms with Gasteiger partial charge in [0.25, 0.3) is 11.5 Å². The van der Waals surface area contributed by atoms with E-state index in [0.717, 1.165) is 50.0 Å². The van der Waals surface area contributed by atoms with Crippen LogP contribution >= 0.6 is 0 Å². The highest BCUT2D eigenvalue weighted by Gasteiger charge is 2.12. The Morgan fingerprint density at radius 3 is 2.64 bits per heavy atom. The molecule has 5 nitrogen and oxygen atoms in total. The monoisotopic (exact) mass is 308 g/mol. The zero-order valence-corrected chi connectivity index (χ0v) is 14.0. The molecular formula is C17H28N2O3. The average Bonchev–Trinajstić information content (AvgIpc) is 2.49. The van der Waals surface area contributed by atoms with E-state index in [1.165, 1.54) is 0 Å². The number of ether oxygens (including phenoxy) is 1. The van der Waals surface area contributed by atoms with Crippen molar-refractivity contribution < 1.29 is 9.53 Å². The van der Waals surface area contributed by atoms with Gasteiger partial charge in [0.1, 0.15) is 5.56 Å². The van der Waals surface area contributed by atoms with Crippen LogP contribution < -0.4 is 10.9 Å². The van der Waals surface area contributed by atoms with Crippen molar-refractivity contribution in [3.05, 3.63) is 33.2 Å². The predicted molar refractivity (Wildman–Crippen MR) is 88.5 cm³/mol. The Balaban J connectivity index is 2.48. The number of carbonyl (C=O) groups is 1. The molecule has 124 valence electrons. The number of aromatic nitrogens is 1. The number of amides is 1. The van der Waals surface area contributed by atoms with Crippen LogP contribution in [0.15, 0.2) is 10.9 Å². The van der Waals surface area contributed by atoms with Gasteiger partial charge in [-0.2, -0.15) is 0 Å². The van der Waals surface area contributed by atoms with E-state index in [1.54, 1.807) is 6.07 Å². The van der Waals surface area contributed by atoms with Crippen LogP contribution in [-0.2, 0) is 11.2 Å². The minimum atomic E-state index is -0.325. The van der Waals surface area contributed by atoms with Crippen molar-refractivity contribution in [2.75, 3.05) is 19.8 Å². The number of pyridine rings is 1. The second-order valence-electron chi connectivity index (χ2n) is 5.49. The highest BCUT2D eigenvalue weighted by Crippen LogP contribution is 2.07. The van der Waals surface area contributed by atoms with Gasteiger partial charge in [0.05, 0.1) is 0 Å². The van der Waals surface area contributed by atoms with Crippen LogP contribution in [0.5, 0.6) is 0 Å². The van der Waals surface area contributed by atoms with Gasteiger partial charge in [-0.05, 0) is 37.8 Å². The third-order valence-corrected chi connectivity index (χ3v) is 3.50. The average molecular weight is 308 g/mol. The Hall–Kier alpha value is -1.62. The van der Waals surface area contributed by atoms with E-state index in [-0.39, 0.29) is 17.0 Å². The van der Waals surface area contributed by atoms with E-state index < -0.39 is 0 Å². The van der Waals surface area contributed by atoms with E-state index in [9.17, 15) is 9.59 Å². The molecule has 22 heavy (non-hydrogen) atoms. The van der Waals surface area contributed by atoms with Gasteiger partial charge in [-0.15, -0.1) is 0 Å². The molecule has 0 aliphatic rings. The van der Waals surface area contributed by atoms with E-state index in [2.05, 4.69) is 24.1 Å². The summed E-state index contributed by atoms with van der Waals surface area (Å²) in [6.07, 6.45) is 4.76. The Kier molecular flexibility index (Phi) is 8.51. The zero-order valence-electron chi connectivity index (χ0n) is 14.0. The predicted octanol–water partition coefficient (Wildman–Crippen LogP) is 2.57. The number of rotatable bonds is 10. The molecule has 2 N–H and O–H groups in total. The third kappa shape index (κ3) is 6.02. The number of carbonyl (C=O) groups excluding carboxylic acids is 1. The van der Waals surface area contributed by atoms with Crippen LogP contribution in [-0.4, -0.2) is 30.6 Å². The number of unbranched alkanes of at least 4 members (excludes halogenated alkanes) is 1. The highest BCUT2D eigenvalue weighted by molar-refractivity contribution is 5.94. The van der Waals surface area contributed by atoms with Gasteiger partial charge in [0.2, 0.25) is 0 Å². The SMILES string of the molecule is CCCCOCCCNC(=O)c1cc(CCC)c(C)[nH]c1=O. The summed E-state index contributed by atoms with van der Waals surface area (Å²) in [6.45, 7) is 7.97. The molecule has 0 radical (unpaired) electrons. The zero-order chi connectivity index (χ0) is 16.4. The number of aryl methyl sites for hydroxylation is 2. The van der Waals surface area contributed by atoms with Crippen molar-refractivity contribution >= 4 is 5.91 Å². The fraction of sp³-hybridized carbons (Fsp3) is 0.647. The quantitative estimate of drug-likeness (QED) is 0.653. The minimum Gasteiger partial charge on any atom is -0.381 e. The first-order chi connectivity index (χ1) is 10.6. The molecule has 0 spiro atoms. The molecule has 1 amide bonds. The molecule has 1 rings (SSSR count). The van der Waals surface area contributed by atoms with Crippen molar-refractivity contribution in [3.63, 3.8) is 0 Å². The van der Waals surface area contributed by atoms with Crippen LogP contribution in [0.3, 0.4) is 0 Å². The first-order valence-corrected chi connectivity index (χ1v) is 8.18. The van der Waals surface area contributed by atoms with Crippen molar-refractivity contribution in [2.24, 2.45) is 0 Å². The van der Waals surface area contributed by atoms with Crippen LogP contribution in [0.25, 0.3) is 0 Å². The van der Waals surface area contributed by atoms with Crippen molar-refractivity contribution in [1.82, 2.24) is 10.3 Å². The minimum absolute atomic E-state index is 0.195. The Morgan fingerprint density at radius 2 is 1.95 bits per heavy atom. The molecule has 0 aliphatic heterocycles. The summed E-state index contributed by atoms with van der Waals surface area (Å²) in [7, 11) is 0. The number of hydrogen-bond donors (Lipinski definition) is 2. The molecule has 5 heteroatoms. The lowest BCUT2D eigenvalue weighted by molar-refractivity contribution is 0.0939. The molecule has 0 unspecified atom stereocenters. The van der Waals surface area contributed by atoms with Crippen molar-refractivity contribution in [3.8, 4) is 0 Å². The molecule has 1 heterocycles. The number of H-pyrrole nitrogens is 1. The first-order valence-electron chi connectivity index (χ1n) is 8.18. The fourth-order valence-corrected chi connectivity index (χ4v) is 2.18. The molecule has 1 aromatic heterocycles. The fourth-order valence-electron chi connectivity index (χ4n) is 2.18. The molecule has 0 saturated carbocycles. The van der Waals surface area contributed by atoms with Gasteiger partial charge in [-0.25, -0.2) is 0 Å². The van der Waals surface area contributed by atoms with E-state index in [4.69, 9.17) is 4.74 Å². The Labute approximate surface area is 132 Å². The maximum Gasteiger partial charge on any atom is 0.261 e. The summed E-state index contributed by atoms with van der Waals surface area (Å²) in [6, 6.07) is 1.71. The summed E-state index contributed by atoms with van der Waals surface area (Å²) in [4.78, 5) is 26.8. The Bertz CT molecular complexity index is 523. The van der Waals surface area contributed by atoms with Crippen LogP contribution in [0.2, 0.25) is 0 Å². The Morgan fingerprint density at radius 1 is 1.23 bits per heavy atom. The van der Waals surface area contributed by atoms with E-state index >= 15 is 0 Å². The van der Waals surface area contributed by atoms with Gasteiger partial charge in [-0.1, -0.05) is 26.7 Å². The summed E-state index contributed by atoms with van der Waals surface area (Å²) in [5.74, 6) is -0.313. The topological polar surface area (TPSA) is 71.2 Å². The second kappa shape index (κ2) is 10.2. The molecule has 0 atom stereocenters. The third-order valence-electron chi connectivity index (χ3n) is 3.50. The molecular weight excluding hydrogens is 280 g/mol. The number of nitrogens with one attached hydrogen (secondary N) is 2. The van der Waals surface area contributed by atoms with Gasteiger partial charge in [0.15, 0.2) is 0 Å². The standard InChI is InChI=1S/C17H28N2O3/c1-4-6-10-22-11-7-9-18-16(20)15-12-14(8-5-2)13(3)19-17(15)21/h12H,4-11H2,1-3H3,(H,18,20)(H,19,21). The lowest BCUT2D eigenvalue weighted by atomic mass is 10.1. The molecule has 1 aromatic rings. The highest BCUT2D eigenvalue weighted by atomic mass is 16.5. The van der Waals surface area contributed by atoms with Gasteiger partial charge < -0.3 is 15.0 Å². The summed E-state index contributed by atoms with van der Waals surface area (Å²) >= 11 is 0. The molecule has 0 aromatic carbocycles.